The van der Waals surface area contributed by atoms with Crippen molar-refractivity contribution < 1.29 is 24.2 Å². The Morgan fingerprint density at radius 1 is 1.09 bits per heavy atom. The number of carboxylic acids is 1. The molecule has 23 heavy (non-hydrogen) atoms. The highest BCUT2D eigenvalue weighted by Gasteiger charge is 2.18. The van der Waals surface area contributed by atoms with E-state index in [4.69, 9.17) is 9.47 Å². The van der Waals surface area contributed by atoms with Crippen LogP contribution in [0.1, 0.15) is 20.7 Å². The quantitative estimate of drug-likeness (QED) is 0.831. The van der Waals surface area contributed by atoms with Gasteiger partial charge in [-0.2, -0.15) is 0 Å². The van der Waals surface area contributed by atoms with E-state index in [-0.39, 0.29) is 17.0 Å². The molecule has 0 aliphatic rings. The summed E-state index contributed by atoms with van der Waals surface area (Å²) >= 11 is 3.28. The van der Waals surface area contributed by atoms with Crippen LogP contribution in [0.5, 0.6) is 11.5 Å². The van der Waals surface area contributed by atoms with Gasteiger partial charge in [-0.1, -0.05) is 22.0 Å². The van der Waals surface area contributed by atoms with Crippen LogP contribution >= 0.6 is 15.9 Å². The number of hydrogen-bond donors (Lipinski definition) is 2. The van der Waals surface area contributed by atoms with Crippen LogP contribution in [0.15, 0.2) is 40.9 Å². The van der Waals surface area contributed by atoms with Gasteiger partial charge in [-0.05, 0) is 18.2 Å². The molecule has 0 saturated heterocycles. The fourth-order valence-corrected chi connectivity index (χ4v) is 2.38. The first-order valence-corrected chi connectivity index (χ1v) is 7.31. The van der Waals surface area contributed by atoms with Crippen molar-refractivity contribution in [2.24, 2.45) is 0 Å². The van der Waals surface area contributed by atoms with Crippen molar-refractivity contribution in [3.63, 3.8) is 0 Å². The minimum Gasteiger partial charge on any atom is -0.493 e. The highest BCUT2D eigenvalue weighted by Crippen LogP contribution is 2.33. The third kappa shape index (κ3) is 3.81. The Morgan fingerprint density at radius 2 is 1.74 bits per heavy atom. The average Bonchev–Trinajstić information content (AvgIpc) is 2.54. The molecule has 2 rings (SSSR count). The van der Waals surface area contributed by atoms with Crippen molar-refractivity contribution in [3.05, 3.63) is 52.0 Å². The van der Waals surface area contributed by atoms with Gasteiger partial charge in [-0.25, -0.2) is 4.79 Å². The van der Waals surface area contributed by atoms with Crippen molar-refractivity contribution in [1.82, 2.24) is 0 Å². The van der Waals surface area contributed by atoms with E-state index in [1.54, 1.807) is 24.3 Å². The molecule has 0 fully saturated rings. The molecule has 0 unspecified atom stereocenters. The van der Waals surface area contributed by atoms with E-state index in [0.29, 0.717) is 11.3 Å². The number of methoxy groups -OCH3 is 2. The molecule has 0 radical (unpaired) electrons. The van der Waals surface area contributed by atoms with E-state index >= 15 is 0 Å². The zero-order valence-corrected chi connectivity index (χ0v) is 14.0. The number of ether oxygens (including phenoxy) is 2. The molecule has 0 aliphatic heterocycles. The molecule has 2 N–H and O–H groups in total. The van der Waals surface area contributed by atoms with Crippen LogP contribution in [-0.4, -0.2) is 31.2 Å². The van der Waals surface area contributed by atoms with Crippen molar-refractivity contribution in [2.45, 2.75) is 0 Å². The molecule has 120 valence electrons. The van der Waals surface area contributed by atoms with Crippen LogP contribution in [0.4, 0.5) is 5.69 Å². The summed E-state index contributed by atoms with van der Waals surface area (Å²) in [7, 11) is 2.83. The zero-order chi connectivity index (χ0) is 17.0. The minimum absolute atomic E-state index is 0.0917. The predicted octanol–water partition coefficient (Wildman–Crippen LogP) is 3.42. The molecule has 0 heterocycles. The first-order valence-electron chi connectivity index (χ1n) is 6.52. The van der Waals surface area contributed by atoms with Crippen LogP contribution in [0.25, 0.3) is 0 Å². The summed E-state index contributed by atoms with van der Waals surface area (Å²) in [6.07, 6.45) is 0. The minimum atomic E-state index is -1.18. The Labute approximate surface area is 141 Å². The lowest BCUT2D eigenvalue weighted by Crippen LogP contribution is -2.15. The number of hydrogen-bond acceptors (Lipinski definition) is 4. The van der Waals surface area contributed by atoms with E-state index in [1.807, 2.05) is 0 Å². The molecule has 0 aromatic heterocycles. The SMILES string of the molecule is COc1cc(NC(=O)c2cccc(Br)c2)c(C(=O)O)cc1OC. The van der Waals surface area contributed by atoms with Crippen LogP contribution in [0.3, 0.4) is 0 Å². The maximum absolute atomic E-state index is 12.3. The highest BCUT2D eigenvalue weighted by atomic mass is 79.9. The van der Waals surface area contributed by atoms with E-state index in [1.165, 1.54) is 26.4 Å². The lowest BCUT2D eigenvalue weighted by molar-refractivity contribution is 0.0697. The fourth-order valence-electron chi connectivity index (χ4n) is 1.98. The van der Waals surface area contributed by atoms with Crippen molar-refractivity contribution in [2.75, 3.05) is 19.5 Å². The van der Waals surface area contributed by atoms with E-state index in [0.717, 1.165) is 4.47 Å². The van der Waals surface area contributed by atoms with E-state index < -0.39 is 11.9 Å². The highest BCUT2D eigenvalue weighted by molar-refractivity contribution is 9.10. The van der Waals surface area contributed by atoms with Crippen LogP contribution < -0.4 is 14.8 Å². The molecular formula is C16H14BrNO5. The van der Waals surface area contributed by atoms with Crippen molar-refractivity contribution >= 4 is 33.5 Å². The smallest absolute Gasteiger partial charge is 0.337 e. The van der Waals surface area contributed by atoms with Crippen LogP contribution in [0, 0.1) is 0 Å². The monoisotopic (exact) mass is 379 g/mol. The van der Waals surface area contributed by atoms with Gasteiger partial charge < -0.3 is 19.9 Å². The van der Waals surface area contributed by atoms with Gasteiger partial charge in [0.05, 0.1) is 25.5 Å². The number of anilines is 1. The van der Waals surface area contributed by atoms with Crippen molar-refractivity contribution in [1.29, 1.82) is 0 Å². The van der Waals surface area contributed by atoms with Gasteiger partial charge in [-0.15, -0.1) is 0 Å². The third-order valence-corrected chi connectivity index (χ3v) is 3.58. The third-order valence-electron chi connectivity index (χ3n) is 3.09. The van der Waals surface area contributed by atoms with E-state index in [2.05, 4.69) is 21.2 Å². The number of carbonyl (C=O) groups excluding carboxylic acids is 1. The van der Waals surface area contributed by atoms with E-state index in [9.17, 15) is 14.7 Å². The summed E-state index contributed by atoms with van der Waals surface area (Å²) in [5, 5.41) is 11.9. The van der Waals surface area contributed by atoms with Gasteiger partial charge in [0.2, 0.25) is 0 Å². The van der Waals surface area contributed by atoms with Crippen LogP contribution in [0.2, 0.25) is 0 Å². The molecule has 2 aromatic carbocycles. The van der Waals surface area contributed by atoms with Gasteiger partial charge in [0.25, 0.3) is 5.91 Å². The van der Waals surface area contributed by atoms with Gasteiger partial charge >= 0.3 is 5.97 Å². The standard InChI is InChI=1S/C16H14BrNO5/c1-22-13-7-11(16(20)21)12(8-14(13)23-2)18-15(19)9-4-3-5-10(17)6-9/h3-8H,1-2H3,(H,18,19)(H,20,21). The molecule has 0 bridgehead atoms. The summed E-state index contributed by atoms with van der Waals surface area (Å²) in [4.78, 5) is 23.7. The second-order valence-corrected chi connectivity index (χ2v) is 5.44. The Morgan fingerprint density at radius 3 is 2.30 bits per heavy atom. The topological polar surface area (TPSA) is 84.9 Å². The Hall–Kier alpha value is -2.54. The first-order chi connectivity index (χ1) is 11.0. The van der Waals surface area contributed by atoms with Crippen LogP contribution in [-0.2, 0) is 0 Å². The molecule has 0 atom stereocenters. The number of nitrogens with one attached hydrogen (secondary N) is 1. The fraction of sp³-hybridized carbons (Fsp3) is 0.125. The summed E-state index contributed by atoms with van der Waals surface area (Å²) < 4.78 is 11.0. The van der Waals surface area contributed by atoms with Crippen molar-refractivity contribution in [3.8, 4) is 11.5 Å². The number of aromatic carboxylic acids is 1. The Kier molecular flexibility index (Phi) is 5.23. The zero-order valence-electron chi connectivity index (χ0n) is 12.4. The second kappa shape index (κ2) is 7.15. The molecular weight excluding hydrogens is 366 g/mol. The second-order valence-electron chi connectivity index (χ2n) is 4.52. The first kappa shape index (κ1) is 16.8. The number of amides is 1. The normalized spacial score (nSPS) is 10.0. The molecule has 0 spiro atoms. The summed E-state index contributed by atoms with van der Waals surface area (Å²) in [5.41, 5.74) is 0.427. The molecule has 7 heteroatoms. The molecule has 2 aromatic rings. The number of rotatable bonds is 5. The lowest BCUT2D eigenvalue weighted by Gasteiger charge is -2.13. The van der Waals surface area contributed by atoms with Gasteiger partial charge in [-0.3, -0.25) is 4.79 Å². The lowest BCUT2D eigenvalue weighted by atomic mass is 10.1. The number of carbonyl (C=O) groups is 2. The number of benzene rings is 2. The summed E-state index contributed by atoms with van der Waals surface area (Å²) in [6, 6.07) is 9.48. The van der Waals surface area contributed by atoms with Gasteiger partial charge in [0, 0.05) is 22.2 Å². The maximum Gasteiger partial charge on any atom is 0.337 e. The molecule has 0 aliphatic carbocycles. The molecule has 6 nitrogen and oxygen atoms in total. The molecule has 1 amide bonds. The Bertz CT molecular complexity index is 760. The number of halogens is 1. The largest absolute Gasteiger partial charge is 0.493 e. The maximum atomic E-state index is 12.3. The Balaban J connectivity index is 2.41. The predicted molar refractivity (Wildman–Crippen MR) is 88.6 cm³/mol. The summed E-state index contributed by atoms with van der Waals surface area (Å²) in [6.45, 7) is 0. The summed E-state index contributed by atoms with van der Waals surface area (Å²) in [5.74, 6) is -1.02. The average molecular weight is 380 g/mol. The van der Waals surface area contributed by atoms with Gasteiger partial charge in [0.15, 0.2) is 11.5 Å². The molecule has 0 saturated carbocycles. The number of carboxylic acid groups (broad SMARTS) is 1. The van der Waals surface area contributed by atoms with Gasteiger partial charge in [0.1, 0.15) is 0 Å².